The Hall–Kier alpha value is -3.34. The number of fused-ring (bicyclic) bond motifs is 1. The number of amides is 1. The largest absolute Gasteiger partial charge is 0.495 e. The van der Waals surface area contributed by atoms with E-state index in [0.29, 0.717) is 28.4 Å². The van der Waals surface area contributed by atoms with Gasteiger partial charge in [0.1, 0.15) is 17.1 Å². The van der Waals surface area contributed by atoms with Crippen LogP contribution in [-0.2, 0) is 16.8 Å². The summed E-state index contributed by atoms with van der Waals surface area (Å²) in [6.45, 7) is 12.4. The highest BCUT2D eigenvalue weighted by molar-refractivity contribution is 7.19. The summed E-state index contributed by atoms with van der Waals surface area (Å²) < 4.78 is 11.7. The molecule has 1 saturated heterocycles. The smallest absolute Gasteiger partial charge is 0.247 e. The van der Waals surface area contributed by atoms with Gasteiger partial charge < -0.3 is 29.7 Å². The average molecular weight is 656 g/mol. The molecule has 2 N–H and O–H groups in total. The van der Waals surface area contributed by atoms with Crippen LogP contribution in [0.2, 0.25) is 10.0 Å². The topological polar surface area (TPSA) is 87.2 Å². The minimum absolute atomic E-state index is 0.212. The Kier molecular flexibility index (Phi) is 9.72. The molecule has 1 fully saturated rings. The minimum Gasteiger partial charge on any atom is -0.495 e. The summed E-state index contributed by atoms with van der Waals surface area (Å²) in [7, 11) is 2.99. The monoisotopic (exact) mass is 654 g/mol. The quantitative estimate of drug-likeness (QED) is 0.183. The molecule has 1 aliphatic rings. The van der Waals surface area contributed by atoms with Gasteiger partial charge in [-0.1, -0.05) is 42.8 Å². The Morgan fingerprint density at radius 1 is 1.11 bits per heavy atom. The van der Waals surface area contributed by atoms with Gasteiger partial charge in [0.05, 0.1) is 29.0 Å². The number of aromatic nitrogens is 1. The van der Waals surface area contributed by atoms with Gasteiger partial charge in [-0.25, -0.2) is 0 Å². The van der Waals surface area contributed by atoms with E-state index in [1.54, 1.807) is 19.2 Å². The van der Waals surface area contributed by atoms with Crippen molar-refractivity contribution in [2.75, 3.05) is 57.2 Å². The number of anilines is 2. The third-order valence-corrected chi connectivity index (χ3v) is 10.1. The highest BCUT2D eigenvalue weighted by atomic mass is 35.5. The number of carbonyl (C=O) groups excluding carboxylic acids is 1. The van der Waals surface area contributed by atoms with Gasteiger partial charge in [0.2, 0.25) is 5.91 Å². The highest BCUT2D eigenvalue weighted by Crippen LogP contribution is 2.49. The summed E-state index contributed by atoms with van der Waals surface area (Å²) in [5, 5.41) is 16.2. The van der Waals surface area contributed by atoms with Crippen LogP contribution in [0.25, 0.3) is 10.1 Å². The minimum atomic E-state index is -1.54. The van der Waals surface area contributed by atoms with E-state index in [1.807, 2.05) is 18.2 Å². The first-order valence-electron chi connectivity index (χ1n) is 14.3. The van der Waals surface area contributed by atoms with Crippen molar-refractivity contribution in [3.63, 3.8) is 0 Å². The lowest BCUT2D eigenvalue weighted by atomic mass is 9.93. The maximum Gasteiger partial charge on any atom is 0.247 e. The number of nitrogens with zero attached hydrogens (tertiary/aromatic N) is 3. The third-order valence-electron chi connectivity index (χ3n) is 8.09. The number of carbonyl (C=O) groups is 1. The Bertz CT molecular complexity index is 1670. The Morgan fingerprint density at radius 2 is 1.80 bits per heavy atom. The van der Waals surface area contributed by atoms with Crippen molar-refractivity contribution in [3.05, 3.63) is 87.0 Å². The van der Waals surface area contributed by atoms with Gasteiger partial charge in [-0.3, -0.25) is 9.78 Å². The van der Waals surface area contributed by atoms with Gasteiger partial charge in [0, 0.05) is 72.4 Å². The van der Waals surface area contributed by atoms with Crippen LogP contribution in [0.3, 0.4) is 0 Å². The summed E-state index contributed by atoms with van der Waals surface area (Å²) in [5.74, 6) is 0.433. The first kappa shape index (κ1) is 32.1. The fourth-order valence-corrected chi connectivity index (χ4v) is 7.43. The number of likely N-dealkylation sites (N-methyl/N-ethyl adjacent to an activating group) is 1. The summed E-state index contributed by atoms with van der Waals surface area (Å²) in [6.07, 6.45) is 3.57. The Balaban J connectivity index is 1.46. The van der Waals surface area contributed by atoms with E-state index >= 15 is 0 Å². The molecule has 232 valence electrons. The molecule has 5 rings (SSSR count). The van der Waals surface area contributed by atoms with E-state index in [0.717, 1.165) is 65.4 Å². The molecule has 2 aromatic heterocycles. The van der Waals surface area contributed by atoms with E-state index in [4.69, 9.17) is 37.7 Å². The van der Waals surface area contributed by atoms with E-state index < -0.39 is 5.60 Å². The molecule has 44 heavy (non-hydrogen) atoms. The summed E-state index contributed by atoms with van der Waals surface area (Å²) in [4.78, 5) is 22.5. The molecule has 1 atom stereocenters. The molecular weight excluding hydrogens is 619 g/mol. The summed E-state index contributed by atoms with van der Waals surface area (Å²) >= 11 is 14.7. The molecule has 4 aromatic rings. The molecule has 3 heterocycles. The van der Waals surface area contributed by atoms with Crippen LogP contribution in [0, 0.1) is 0 Å². The zero-order chi connectivity index (χ0) is 31.6. The second kappa shape index (κ2) is 13.3. The van der Waals surface area contributed by atoms with Gasteiger partial charge in [-0.2, -0.15) is 0 Å². The molecule has 0 spiro atoms. The lowest BCUT2D eigenvalue weighted by Gasteiger charge is -2.35. The number of piperazine rings is 1. The average Bonchev–Trinajstić information content (AvgIpc) is 3.46. The van der Waals surface area contributed by atoms with Crippen molar-refractivity contribution >= 4 is 61.9 Å². The second-order valence-electron chi connectivity index (χ2n) is 10.8. The SMILES string of the molecule is C=CC(=O)Nc1cc(N2CCN(CC)CC2)ccc1Cc1cc2cc(C(C)(O)c3c(Cl)c(OC)cc(OC)c3Cl)sc2cn1. The van der Waals surface area contributed by atoms with Crippen molar-refractivity contribution < 1.29 is 19.4 Å². The highest BCUT2D eigenvalue weighted by Gasteiger charge is 2.35. The molecular formula is C33H36Cl2N4O4S. The van der Waals surface area contributed by atoms with Crippen LogP contribution in [0.5, 0.6) is 11.5 Å². The van der Waals surface area contributed by atoms with Gasteiger partial charge in [0.15, 0.2) is 0 Å². The fourth-order valence-electron chi connectivity index (χ4n) is 5.50. The first-order chi connectivity index (χ1) is 21.1. The molecule has 0 radical (unpaired) electrons. The van der Waals surface area contributed by atoms with Crippen molar-refractivity contribution in [1.82, 2.24) is 9.88 Å². The van der Waals surface area contributed by atoms with Crippen molar-refractivity contribution in [1.29, 1.82) is 0 Å². The number of hydrogen-bond donors (Lipinski definition) is 2. The predicted molar refractivity (Wildman–Crippen MR) is 180 cm³/mol. The zero-order valence-corrected chi connectivity index (χ0v) is 27.6. The molecule has 1 amide bonds. The molecule has 0 bridgehead atoms. The molecule has 0 aliphatic carbocycles. The van der Waals surface area contributed by atoms with E-state index in [1.165, 1.54) is 31.6 Å². The summed E-state index contributed by atoms with van der Waals surface area (Å²) in [6, 6.07) is 11.7. The van der Waals surface area contributed by atoms with E-state index in [-0.39, 0.29) is 16.0 Å². The maximum absolute atomic E-state index is 12.4. The molecule has 11 heteroatoms. The van der Waals surface area contributed by atoms with Crippen molar-refractivity contribution in [3.8, 4) is 11.5 Å². The number of pyridine rings is 1. The van der Waals surface area contributed by atoms with Gasteiger partial charge >= 0.3 is 0 Å². The standard InChI is InChI=1S/C33H36Cl2N4O4S/c1-6-29(40)37-24-17-23(39-12-10-38(7-2)11-13-39)9-8-20(24)14-22-15-21-16-28(44-27(21)19-36-22)33(3,41)30-31(34)25(42-4)18-26(43-5)32(30)35/h6,8-9,15-19,41H,1,7,10-14H2,2-5H3,(H,37,40). The second-order valence-corrected chi connectivity index (χ2v) is 12.7. The lowest BCUT2D eigenvalue weighted by molar-refractivity contribution is -0.111. The lowest BCUT2D eigenvalue weighted by Crippen LogP contribution is -2.46. The Labute approximate surface area is 271 Å². The number of methoxy groups -OCH3 is 2. The van der Waals surface area contributed by atoms with Crippen LogP contribution in [0.15, 0.2) is 55.3 Å². The number of ether oxygens (including phenoxy) is 2. The number of thiophene rings is 1. The van der Waals surface area contributed by atoms with Crippen molar-refractivity contribution in [2.24, 2.45) is 0 Å². The van der Waals surface area contributed by atoms with E-state index in [2.05, 4.69) is 40.8 Å². The predicted octanol–water partition coefficient (Wildman–Crippen LogP) is 6.73. The third kappa shape index (κ3) is 6.39. The molecule has 2 aromatic carbocycles. The number of nitrogens with one attached hydrogen (secondary N) is 1. The molecule has 1 unspecified atom stereocenters. The first-order valence-corrected chi connectivity index (χ1v) is 15.9. The Morgan fingerprint density at radius 3 is 2.41 bits per heavy atom. The van der Waals surface area contributed by atoms with Crippen LogP contribution in [0.1, 0.15) is 35.5 Å². The zero-order valence-electron chi connectivity index (χ0n) is 25.2. The van der Waals surface area contributed by atoms with Gasteiger partial charge in [-0.05, 0) is 54.8 Å². The van der Waals surface area contributed by atoms with Gasteiger partial charge in [0.25, 0.3) is 0 Å². The number of halogens is 2. The molecule has 8 nitrogen and oxygen atoms in total. The normalized spacial score (nSPS) is 15.2. The number of benzene rings is 2. The van der Waals surface area contributed by atoms with Crippen LogP contribution in [-0.4, -0.2) is 67.8 Å². The number of hydrogen-bond acceptors (Lipinski definition) is 8. The number of rotatable bonds is 10. The molecule has 0 saturated carbocycles. The van der Waals surface area contributed by atoms with Crippen LogP contribution >= 0.6 is 34.5 Å². The van der Waals surface area contributed by atoms with E-state index in [9.17, 15) is 9.90 Å². The maximum atomic E-state index is 12.4. The van der Waals surface area contributed by atoms with Gasteiger partial charge in [-0.15, -0.1) is 11.3 Å². The fraction of sp³-hybridized carbons (Fsp3) is 0.333. The van der Waals surface area contributed by atoms with Crippen LogP contribution in [0.4, 0.5) is 11.4 Å². The summed E-state index contributed by atoms with van der Waals surface area (Å²) in [5.41, 5.74) is 2.32. The number of aliphatic hydroxyl groups is 1. The van der Waals surface area contributed by atoms with Crippen molar-refractivity contribution in [2.45, 2.75) is 25.9 Å². The molecule has 1 aliphatic heterocycles. The van der Waals surface area contributed by atoms with Crippen LogP contribution < -0.4 is 19.7 Å².